The highest BCUT2D eigenvalue weighted by Gasteiger charge is 2.40. The molecule has 0 aromatic heterocycles. The molecule has 1 saturated heterocycles. The molecule has 1 aliphatic rings. The number of nitriles is 1. The number of carbonyl (C=O) groups is 2. The fourth-order valence-corrected chi connectivity index (χ4v) is 1.38. The second kappa shape index (κ2) is 4.39. The van der Waals surface area contributed by atoms with Crippen molar-refractivity contribution in [3.8, 4) is 6.07 Å². The Morgan fingerprint density at radius 3 is 2.62 bits per heavy atom. The summed E-state index contributed by atoms with van der Waals surface area (Å²) in [6, 6.07) is 1.12. The molecule has 88 valence electrons. The normalized spacial score (nSPS) is 19.6. The Bertz CT molecular complexity index is 345. The zero-order chi connectivity index (χ0) is 12.3. The first kappa shape index (κ1) is 12.3. The summed E-state index contributed by atoms with van der Waals surface area (Å²) in [7, 11) is 0. The van der Waals surface area contributed by atoms with Crippen LogP contribution in [0.3, 0.4) is 0 Å². The summed E-state index contributed by atoms with van der Waals surface area (Å²) >= 11 is 0. The lowest BCUT2D eigenvalue weighted by atomic mass is 10.0. The van der Waals surface area contributed by atoms with E-state index in [4.69, 9.17) is 15.1 Å². The number of aliphatic carboxylic acids is 1. The predicted octanol–water partition coefficient (Wildman–Crippen LogP) is 0.974. The molecule has 1 atom stereocenters. The Kier molecular flexibility index (Phi) is 3.38. The highest BCUT2D eigenvalue weighted by atomic mass is 16.6. The summed E-state index contributed by atoms with van der Waals surface area (Å²) in [5, 5.41) is 17.3. The number of hydrogen-bond donors (Lipinski definition) is 1. The molecular formula is C10H14N2O4. The third-order valence-electron chi connectivity index (χ3n) is 2.41. The molecule has 1 heterocycles. The molecule has 0 radical (unpaired) electrons. The first-order valence-corrected chi connectivity index (χ1v) is 4.97. The lowest BCUT2D eigenvalue weighted by molar-refractivity contribution is -0.147. The van der Waals surface area contributed by atoms with Crippen LogP contribution in [0.2, 0.25) is 0 Å². The van der Waals surface area contributed by atoms with Crippen molar-refractivity contribution in [2.45, 2.75) is 38.3 Å². The monoisotopic (exact) mass is 226 g/mol. The van der Waals surface area contributed by atoms with Crippen molar-refractivity contribution in [2.24, 2.45) is 0 Å². The number of nitrogens with zero attached hydrogens (tertiary/aromatic N) is 2. The van der Waals surface area contributed by atoms with E-state index in [2.05, 4.69) is 0 Å². The molecule has 1 amide bonds. The van der Waals surface area contributed by atoms with Crippen LogP contribution < -0.4 is 0 Å². The third kappa shape index (κ3) is 2.63. The van der Waals surface area contributed by atoms with Gasteiger partial charge in [-0.2, -0.15) is 5.26 Å². The van der Waals surface area contributed by atoms with E-state index < -0.39 is 23.7 Å². The van der Waals surface area contributed by atoms with Crippen LogP contribution >= 0.6 is 0 Å². The second-order valence-electron chi connectivity index (χ2n) is 4.30. The molecule has 6 heteroatoms. The van der Waals surface area contributed by atoms with E-state index >= 15 is 0 Å². The maximum Gasteiger partial charge on any atom is 0.411 e. The van der Waals surface area contributed by atoms with Gasteiger partial charge in [0, 0.05) is 6.54 Å². The number of rotatable bonds is 3. The second-order valence-corrected chi connectivity index (χ2v) is 4.30. The van der Waals surface area contributed by atoms with E-state index in [0.29, 0.717) is 13.0 Å². The third-order valence-corrected chi connectivity index (χ3v) is 2.41. The van der Waals surface area contributed by atoms with Crippen LogP contribution in [-0.2, 0) is 9.53 Å². The van der Waals surface area contributed by atoms with Gasteiger partial charge in [-0.05, 0) is 20.3 Å². The Morgan fingerprint density at radius 2 is 2.25 bits per heavy atom. The summed E-state index contributed by atoms with van der Waals surface area (Å²) < 4.78 is 5.06. The van der Waals surface area contributed by atoms with Gasteiger partial charge in [0.25, 0.3) is 0 Å². The number of amides is 1. The van der Waals surface area contributed by atoms with Gasteiger partial charge in [0.2, 0.25) is 0 Å². The van der Waals surface area contributed by atoms with E-state index in [1.165, 1.54) is 0 Å². The van der Waals surface area contributed by atoms with Crippen LogP contribution in [0.15, 0.2) is 0 Å². The number of carboxylic acid groups (broad SMARTS) is 1. The van der Waals surface area contributed by atoms with Crippen molar-refractivity contribution in [1.82, 2.24) is 4.90 Å². The van der Waals surface area contributed by atoms with Gasteiger partial charge >= 0.3 is 12.1 Å². The topological polar surface area (TPSA) is 90.6 Å². The van der Waals surface area contributed by atoms with Crippen LogP contribution in [0.4, 0.5) is 4.79 Å². The fourth-order valence-electron chi connectivity index (χ4n) is 1.38. The first-order chi connectivity index (χ1) is 7.37. The molecule has 0 bridgehead atoms. The molecule has 1 fully saturated rings. The van der Waals surface area contributed by atoms with Gasteiger partial charge in [-0.25, -0.2) is 9.59 Å². The minimum absolute atomic E-state index is 0.0737. The van der Waals surface area contributed by atoms with Crippen LogP contribution in [0, 0.1) is 11.3 Å². The molecule has 1 aliphatic heterocycles. The van der Waals surface area contributed by atoms with Crippen molar-refractivity contribution in [1.29, 1.82) is 5.26 Å². The Balaban J connectivity index is 2.54. The molecule has 0 aromatic rings. The summed E-state index contributed by atoms with van der Waals surface area (Å²) in [4.78, 5) is 23.4. The van der Waals surface area contributed by atoms with E-state index in [0.717, 1.165) is 4.90 Å². The van der Waals surface area contributed by atoms with Gasteiger partial charge in [-0.1, -0.05) is 0 Å². The van der Waals surface area contributed by atoms with E-state index in [1.807, 2.05) is 6.07 Å². The lowest BCUT2D eigenvalue weighted by Gasteiger charge is -2.38. The average Bonchev–Trinajstić information content (AvgIpc) is 1.97. The Labute approximate surface area is 93.4 Å². The number of likely N-dealkylation sites (tertiary alicyclic amines) is 1. The van der Waals surface area contributed by atoms with Gasteiger partial charge < -0.3 is 9.84 Å². The molecule has 0 aliphatic carbocycles. The summed E-state index contributed by atoms with van der Waals surface area (Å²) in [5.41, 5.74) is -0.884. The van der Waals surface area contributed by atoms with Gasteiger partial charge in [-0.15, -0.1) is 0 Å². The van der Waals surface area contributed by atoms with Crippen molar-refractivity contribution in [3.63, 3.8) is 0 Å². The largest absolute Gasteiger partial charge is 0.480 e. The summed E-state index contributed by atoms with van der Waals surface area (Å²) in [6.45, 7) is 3.62. The summed E-state index contributed by atoms with van der Waals surface area (Å²) in [5.74, 6) is -1.03. The molecule has 0 saturated carbocycles. The number of ether oxygens (including phenoxy) is 1. The highest BCUT2D eigenvalue weighted by Crippen LogP contribution is 2.22. The quantitative estimate of drug-likeness (QED) is 0.774. The minimum atomic E-state index is -1.03. The fraction of sp³-hybridized carbons (Fsp3) is 0.700. The Morgan fingerprint density at radius 1 is 1.62 bits per heavy atom. The molecule has 0 aromatic carbocycles. The number of carbonyl (C=O) groups excluding carboxylic acids is 1. The lowest BCUT2D eigenvalue weighted by Crippen LogP contribution is -2.56. The summed E-state index contributed by atoms with van der Waals surface area (Å²) in [6.07, 6.45) is -0.146. The Hall–Kier alpha value is -1.77. The smallest absolute Gasteiger partial charge is 0.411 e. The van der Waals surface area contributed by atoms with Gasteiger partial charge in [0.15, 0.2) is 0 Å². The maximum absolute atomic E-state index is 11.6. The SMILES string of the molecule is CC(C)(CC#N)OC(=O)N1CCC1C(=O)O. The predicted molar refractivity (Wildman–Crippen MR) is 53.5 cm³/mol. The van der Waals surface area contributed by atoms with Crippen molar-refractivity contribution in [3.05, 3.63) is 0 Å². The zero-order valence-electron chi connectivity index (χ0n) is 9.27. The van der Waals surface area contributed by atoms with Crippen LogP contribution in [-0.4, -0.2) is 40.3 Å². The number of hydrogen-bond acceptors (Lipinski definition) is 4. The molecule has 6 nitrogen and oxygen atoms in total. The van der Waals surface area contributed by atoms with Crippen LogP contribution in [0.1, 0.15) is 26.7 Å². The highest BCUT2D eigenvalue weighted by molar-refractivity contribution is 5.82. The molecule has 1 N–H and O–H groups in total. The van der Waals surface area contributed by atoms with E-state index in [1.54, 1.807) is 13.8 Å². The molecular weight excluding hydrogens is 212 g/mol. The average molecular weight is 226 g/mol. The molecule has 1 rings (SSSR count). The van der Waals surface area contributed by atoms with Crippen molar-refractivity contribution >= 4 is 12.1 Å². The first-order valence-electron chi connectivity index (χ1n) is 4.97. The van der Waals surface area contributed by atoms with E-state index in [9.17, 15) is 9.59 Å². The molecule has 0 spiro atoms. The standard InChI is InChI=1S/C10H14N2O4/c1-10(2,4-5-11)16-9(15)12-6-3-7(12)8(13)14/h7H,3-4,6H2,1-2H3,(H,13,14). The number of carboxylic acids is 1. The molecule has 16 heavy (non-hydrogen) atoms. The van der Waals surface area contributed by atoms with Gasteiger partial charge in [0.1, 0.15) is 11.6 Å². The van der Waals surface area contributed by atoms with Crippen LogP contribution in [0.25, 0.3) is 0 Å². The minimum Gasteiger partial charge on any atom is -0.480 e. The maximum atomic E-state index is 11.6. The van der Waals surface area contributed by atoms with Crippen LogP contribution in [0.5, 0.6) is 0 Å². The van der Waals surface area contributed by atoms with E-state index in [-0.39, 0.29) is 6.42 Å². The van der Waals surface area contributed by atoms with Gasteiger partial charge in [-0.3, -0.25) is 4.90 Å². The molecule has 1 unspecified atom stereocenters. The van der Waals surface area contributed by atoms with Crippen molar-refractivity contribution in [2.75, 3.05) is 6.54 Å². The van der Waals surface area contributed by atoms with Crippen molar-refractivity contribution < 1.29 is 19.4 Å². The zero-order valence-corrected chi connectivity index (χ0v) is 9.27. The van der Waals surface area contributed by atoms with Gasteiger partial charge in [0.05, 0.1) is 12.5 Å².